The summed E-state index contributed by atoms with van der Waals surface area (Å²) in [6, 6.07) is 12.9. The van der Waals surface area contributed by atoms with E-state index in [4.69, 9.17) is 44.9 Å². The second-order valence-corrected chi connectivity index (χ2v) is 5.98. The van der Waals surface area contributed by atoms with Crippen LogP contribution in [0.4, 0.5) is 0 Å². The number of thiocarbonyl (C=S) groups is 1. The molecule has 1 N–H and O–H groups in total. The molecule has 2 aromatic rings. The van der Waals surface area contributed by atoms with Gasteiger partial charge in [-0.05, 0) is 36.4 Å². The molecule has 3 nitrogen and oxygen atoms in total. The number of ether oxygens (including phenoxy) is 2. The maximum atomic E-state index is 6.12. The molecule has 0 aliphatic carbocycles. The molecule has 0 radical (unpaired) electrons. The number of halogens is 2. The van der Waals surface area contributed by atoms with Crippen LogP contribution in [0.2, 0.25) is 10.0 Å². The molecular formula is C17H17Cl2NO2S. The van der Waals surface area contributed by atoms with Gasteiger partial charge in [0.1, 0.15) is 17.3 Å². The Morgan fingerprint density at radius 1 is 1.09 bits per heavy atom. The van der Waals surface area contributed by atoms with Gasteiger partial charge in [-0.1, -0.05) is 41.5 Å². The smallest absolute Gasteiger partial charge is 0.119 e. The van der Waals surface area contributed by atoms with Crippen molar-refractivity contribution in [3.8, 4) is 5.75 Å². The summed E-state index contributed by atoms with van der Waals surface area (Å²) in [7, 11) is 1.65. The summed E-state index contributed by atoms with van der Waals surface area (Å²) in [5.74, 6) is 0.726. The molecule has 6 heteroatoms. The molecule has 122 valence electrons. The van der Waals surface area contributed by atoms with E-state index in [0.717, 1.165) is 16.9 Å². The van der Waals surface area contributed by atoms with Crippen LogP contribution in [0, 0.1) is 0 Å². The minimum atomic E-state index is 0.314. The van der Waals surface area contributed by atoms with Crippen LogP contribution in [0.3, 0.4) is 0 Å². The quantitative estimate of drug-likeness (QED) is 0.575. The van der Waals surface area contributed by atoms with Gasteiger partial charge in [0.2, 0.25) is 0 Å². The molecule has 0 unspecified atom stereocenters. The number of methoxy groups -OCH3 is 1. The molecule has 0 amide bonds. The molecule has 23 heavy (non-hydrogen) atoms. The van der Waals surface area contributed by atoms with Crippen molar-refractivity contribution < 1.29 is 9.47 Å². The van der Waals surface area contributed by atoms with Gasteiger partial charge >= 0.3 is 0 Å². The number of rotatable bonds is 7. The lowest BCUT2D eigenvalue weighted by Crippen LogP contribution is -2.25. The summed E-state index contributed by atoms with van der Waals surface area (Å²) in [6.07, 6.45) is 0. The molecular weight excluding hydrogens is 353 g/mol. The molecule has 0 bridgehead atoms. The van der Waals surface area contributed by atoms with Crippen molar-refractivity contribution in [2.24, 2.45) is 0 Å². The van der Waals surface area contributed by atoms with E-state index in [1.807, 2.05) is 24.3 Å². The lowest BCUT2D eigenvalue weighted by molar-refractivity contribution is 0.204. The minimum absolute atomic E-state index is 0.314. The first-order chi connectivity index (χ1) is 11.1. The second-order valence-electron chi connectivity index (χ2n) is 4.76. The third-order valence-corrected chi connectivity index (χ3v) is 4.24. The topological polar surface area (TPSA) is 30.5 Å². The summed E-state index contributed by atoms with van der Waals surface area (Å²) in [4.78, 5) is 0.683. The summed E-state index contributed by atoms with van der Waals surface area (Å²) >= 11 is 17.6. The predicted octanol–water partition coefficient (Wildman–Crippen LogP) is 4.48. The Bertz CT molecular complexity index is 642. The van der Waals surface area contributed by atoms with Crippen molar-refractivity contribution in [2.45, 2.75) is 6.61 Å². The molecule has 0 saturated heterocycles. The Morgan fingerprint density at radius 3 is 2.35 bits per heavy atom. The fourth-order valence-electron chi connectivity index (χ4n) is 1.90. The lowest BCUT2D eigenvalue weighted by Gasteiger charge is -2.11. The van der Waals surface area contributed by atoms with Crippen molar-refractivity contribution in [1.29, 1.82) is 0 Å². The summed E-state index contributed by atoms with van der Waals surface area (Å²) in [5.41, 5.74) is 1.70. The standard InChI is InChI=1S/C17H17Cl2NO2S/c1-21-10-9-20-17(23)12-5-7-13(8-6-12)22-11-14-15(18)3-2-4-16(14)19/h2-8H,9-11H2,1H3,(H,20,23). The Morgan fingerprint density at radius 2 is 1.74 bits per heavy atom. The van der Waals surface area contributed by atoms with Gasteiger partial charge in [0.25, 0.3) is 0 Å². The number of nitrogens with one attached hydrogen (secondary N) is 1. The molecule has 2 aromatic carbocycles. The average molecular weight is 370 g/mol. The van der Waals surface area contributed by atoms with Crippen LogP contribution in [-0.4, -0.2) is 25.2 Å². The Kier molecular flexibility index (Phi) is 7.12. The molecule has 0 saturated carbocycles. The minimum Gasteiger partial charge on any atom is -0.489 e. The van der Waals surface area contributed by atoms with E-state index in [1.54, 1.807) is 25.3 Å². The zero-order valence-electron chi connectivity index (χ0n) is 12.6. The van der Waals surface area contributed by atoms with Crippen molar-refractivity contribution in [3.05, 3.63) is 63.6 Å². The van der Waals surface area contributed by atoms with Crippen LogP contribution in [0.5, 0.6) is 5.75 Å². The van der Waals surface area contributed by atoms with Crippen LogP contribution >= 0.6 is 35.4 Å². The molecule has 0 atom stereocenters. The van der Waals surface area contributed by atoms with E-state index in [0.29, 0.717) is 34.8 Å². The molecule has 0 spiro atoms. The zero-order chi connectivity index (χ0) is 16.7. The first kappa shape index (κ1) is 18.0. The van der Waals surface area contributed by atoms with Crippen LogP contribution in [-0.2, 0) is 11.3 Å². The van der Waals surface area contributed by atoms with Gasteiger partial charge in [-0.25, -0.2) is 0 Å². The maximum Gasteiger partial charge on any atom is 0.119 e. The number of hydrogen-bond acceptors (Lipinski definition) is 3. The van der Waals surface area contributed by atoms with Gasteiger partial charge < -0.3 is 14.8 Å². The van der Waals surface area contributed by atoms with Gasteiger partial charge in [0.05, 0.1) is 6.61 Å². The van der Waals surface area contributed by atoms with Crippen LogP contribution in [0.1, 0.15) is 11.1 Å². The normalized spacial score (nSPS) is 10.4. The monoisotopic (exact) mass is 369 g/mol. The highest BCUT2D eigenvalue weighted by atomic mass is 35.5. The fraction of sp³-hybridized carbons (Fsp3) is 0.235. The Labute approximate surface area is 151 Å². The van der Waals surface area contributed by atoms with E-state index >= 15 is 0 Å². The van der Waals surface area contributed by atoms with E-state index in [-0.39, 0.29) is 0 Å². The third kappa shape index (κ3) is 5.36. The van der Waals surface area contributed by atoms with Crippen LogP contribution in [0.25, 0.3) is 0 Å². The summed E-state index contributed by atoms with van der Waals surface area (Å²) in [6.45, 7) is 1.60. The van der Waals surface area contributed by atoms with Gasteiger partial charge in [-0.2, -0.15) is 0 Å². The lowest BCUT2D eigenvalue weighted by atomic mass is 10.2. The van der Waals surface area contributed by atoms with Crippen LogP contribution in [0.15, 0.2) is 42.5 Å². The molecule has 0 heterocycles. The molecule has 0 aromatic heterocycles. The zero-order valence-corrected chi connectivity index (χ0v) is 15.0. The first-order valence-electron chi connectivity index (χ1n) is 7.04. The summed E-state index contributed by atoms with van der Waals surface area (Å²) in [5, 5.41) is 4.31. The van der Waals surface area contributed by atoms with E-state index < -0.39 is 0 Å². The molecule has 0 aliphatic heterocycles. The first-order valence-corrected chi connectivity index (χ1v) is 8.21. The third-order valence-electron chi connectivity index (χ3n) is 3.15. The van der Waals surface area contributed by atoms with Crippen molar-refractivity contribution in [3.63, 3.8) is 0 Å². The number of hydrogen-bond donors (Lipinski definition) is 1. The van der Waals surface area contributed by atoms with E-state index in [1.165, 1.54) is 0 Å². The van der Waals surface area contributed by atoms with Gasteiger partial charge in [0, 0.05) is 34.8 Å². The van der Waals surface area contributed by atoms with E-state index in [2.05, 4.69) is 5.32 Å². The average Bonchev–Trinajstić information content (AvgIpc) is 2.55. The highest BCUT2D eigenvalue weighted by Gasteiger charge is 2.07. The molecule has 2 rings (SSSR count). The van der Waals surface area contributed by atoms with Crippen molar-refractivity contribution in [2.75, 3.05) is 20.3 Å². The summed E-state index contributed by atoms with van der Waals surface area (Å²) < 4.78 is 10.7. The fourth-order valence-corrected chi connectivity index (χ4v) is 2.64. The van der Waals surface area contributed by atoms with Crippen molar-refractivity contribution >= 4 is 40.4 Å². The van der Waals surface area contributed by atoms with Gasteiger partial charge in [-0.3, -0.25) is 0 Å². The maximum absolute atomic E-state index is 6.12. The number of benzene rings is 2. The molecule has 0 fully saturated rings. The SMILES string of the molecule is COCCNC(=S)c1ccc(OCc2c(Cl)cccc2Cl)cc1. The van der Waals surface area contributed by atoms with Gasteiger partial charge in [-0.15, -0.1) is 0 Å². The van der Waals surface area contributed by atoms with Crippen LogP contribution < -0.4 is 10.1 Å². The Balaban J connectivity index is 1.94. The largest absolute Gasteiger partial charge is 0.489 e. The highest BCUT2D eigenvalue weighted by Crippen LogP contribution is 2.25. The second kappa shape index (κ2) is 9.08. The Hall–Kier alpha value is -1.33. The predicted molar refractivity (Wildman–Crippen MR) is 98.8 cm³/mol. The highest BCUT2D eigenvalue weighted by molar-refractivity contribution is 7.80. The molecule has 0 aliphatic rings. The van der Waals surface area contributed by atoms with E-state index in [9.17, 15) is 0 Å². The van der Waals surface area contributed by atoms with Crippen molar-refractivity contribution in [1.82, 2.24) is 5.32 Å². The van der Waals surface area contributed by atoms with Gasteiger partial charge in [0.15, 0.2) is 0 Å².